The molecule has 4 aromatic rings. The summed E-state index contributed by atoms with van der Waals surface area (Å²) < 4.78 is 18.2. The zero-order valence-electron chi connectivity index (χ0n) is 16.7. The highest BCUT2D eigenvalue weighted by Gasteiger charge is 2.13. The van der Waals surface area contributed by atoms with Crippen LogP contribution in [0.4, 0.5) is 5.82 Å². The van der Waals surface area contributed by atoms with Crippen molar-refractivity contribution in [2.75, 3.05) is 12.4 Å². The first-order valence-corrected chi connectivity index (χ1v) is 9.92. The topological polar surface area (TPSA) is 78.5 Å². The number of halogens is 1. The highest BCUT2D eigenvalue weighted by molar-refractivity contribution is 6.30. The van der Waals surface area contributed by atoms with Crippen LogP contribution in [-0.2, 0) is 13.2 Å². The highest BCUT2D eigenvalue weighted by atomic mass is 35.5. The molecule has 0 aliphatic carbocycles. The van der Waals surface area contributed by atoms with Crippen LogP contribution in [0.3, 0.4) is 0 Å². The van der Waals surface area contributed by atoms with E-state index in [4.69, 9.17) is 25.5 Å². The molecular formula is C23H20ClN3O4. The van der Waals surface area contributed by atoms with Crippen LogP contribution in [0, 0.1) is 0 Å². The number of aromatic nitrogens is 2. The number of carbonyl (C=O) groups excluding carboxylic acids is 1. The molecule has 0 aliphatic heterocycles. The van der Waals surface area contributed by atoms with Crippen LogP contribution < -0.4 is 14.8 Å². The van der Waals surface area contributed by atoms with Crippen molar-refractivity contribution in [2.45, 2.75) is 13.2 Å². The average molecular weight is 438 g/mol. The molecular weight excluding hydrogens is 418 g/mol. The lowest BCUT2D eigenvalue weighted by atomic mass is 10.2. The summed E-state index contributed by atoms with van der Waals surface area (Å²) in [6.45, 7) is 0.734. The van der Waals surface area contributed by atoms with Crippen LogP contribution in [0.5, 0.6) is 11.5 Å². The first kappa shape index (κ1) is 20.6. The molecule has 0 saturated carbocycles. The minimum atomic E-state index is -0.388. The van der Waals surface area contributed by atoms with Crippen molar-refractivity contribution in [3.63, 3.8) is 0 Å². The third-order valence-corrected chi connectivity index (χ3v) is 4.66. The number of hydrogen-bond acceptors (Lipinski definition) is 5. The number of anilines is 1. The van der Waals surface area contributed by atoms with Gasteiger partial charge in [0, 0.05) is 23.4 Å². The second-order valence-electron chi connectivity index (χ2n) is 6.72. The van der Waals surface area contributed by atoms with Crippen molar-refractivity contribution in [3.05, 3.63) is 95.0 Å². The Morgan fingerprint density at radius 3 is 2.77 bits per heavy atom. The van der Waals surface area contributed by atoms with Gasteiger partial charge in [-0.05, 0) is 42.0 Å². The molecule has 0 saturated heterocycles. The molecule has 8 heteroatoms. The third-order valence-electron chi connectivity index (χ3n) is 4.42. The molecule has 0 aliphatic rings. The van der Waals surface area contributed by atoms with Gasteiger partial charge < -0.3 is 19.2 Å². The highest BCUT2D eigenvalue weighted by Crippen LogP contribution is 2.21. The molecule has 158 valence electrons. The van der Waals surface area contributed by atoms with Gasteiger partial charge in [-0.3, -0.25) is 9.48 Å². The van der Waals surface area contributed by atoms with Gasteiger partial charge in [0.1, 0.15) is 23.9 Å². The molecule has 0 spiro atoms. The van der Waals surface area contributed by atoms with Crippen LogP contribution in [0.25, 0.3) is 0 Å². The maximum atomic E-state index is 12.5. The summed E-state index contributed by atoms with van der Waals surface area (Å²) in [6.07, 6.45) is 1.78. The van der Waals surface area contributed by atoms with Gasteiger partial charge in [0.05, 0.1) is 13.7 Å². The van der Waals surface area contributed by atoms with Gasteiger partial charge in [-0.1, -0.05) is 29.8 Å². The molecule has 0 unspecified atom stereocenters. The molecule has 0 fully saturated rings. The molecule has 0 atom stereocenters. The molecule has 4 rings (SSSR count). The Morgan fingerprint density at radius 2 is 1.94 bits per heavy atom. The SMILES string of the molecule is COc1cccc(OCc2ccc(C(=O)Nc3ccn(Cc4cccc(Cl)c4)n3)o2)c1. The lowest BCUT2D eigenvalue weighted by Gasteiger charge is -2.06. The molecule has 0 bridgehead atoms. The number of hydrogen-bond donors (Lipinski definition) is 1. The molecule has 1 amide bonds. The fourth-order valence-corrected chi connectivity index (χ4v) is 3.15. The summed E-state index contributed by atoms with van der Waals surface area (Å²) in [6, 6.07) is 19.8. The van der Waals surface area contributed by atoms with Crippen molar-refractivity contribution in [3.8, 4) is 11.5 Å². The van der Waals surface area contributed by atoms with E-state index < -0.39 is 0 Å². The summed E-state index contributed by atoms with van der Waals surface area (Å²) in [5.74, 6) is 2.09. The fraction of sp³-hybridized carbons (Fsp3) is 0.130. The zero-order valence-corrected chi connectivity index (χ0v) is 17.5. The fourth-order valence-electron chi connectivity index (χ4n) is 2.94. The van der Waals surface area contributed by atoms with Crippen LogP contribution in [0.2, 0.25) is 5.02 Å². The Bertz CT molecular complexity index is 1180. The molecule has 0 radical (unpaired) electrons. The number of carbonyl (C=O) groups is 1. The molecule has 2 aromatic heterocycles. The first-order chi connectivity index (χ1) is 15.1. The Labute approximate surface area is 184 Å². The van der Waals surface area contributed by atoms with Gasteiger partial charge >= 0.3 is 0 Å². The monoisotopic (exact) mass is 437 g/mol. The smallest absolute Gasteiger partial charge is 0.292 e. The van der Waals surface area contributed by atoms with E-state index in [0.29, 0.717) is 34.6 Å². The standard InChI is InChI=1S/C23H20ClN3O4/c1-29-18-6-3-7-19(13-18)30-15-20-8-9-21(31-20)23(28)25-22-10-11-27(26-22)14-16-4-2-5-17(24)12-16/h2-13H,14-15H2,1H3,(H,25,26,28). The van der Waals surface area contributed by atoms with E-state index >= 15 is 0 Å². The molecule has 2 aromatic carbocycles. The average Bonchev–Trinajstić information content (AvgIpc) is 3.42. The summed E-state index contributed by atoms with van der Waals surface area (Å²) in [5, 5.41) is 7.76. The number of rotatable bonds is 8. The van der Waals surface area contributed by atoms with Crippen molar-refractivity contribution >= 4 is 23.3 Å². The van der Waals surface area contributed by atoms with Gasteiger partial charge in [0.15, 0.2) is 11.6 Å². The second kappa shape index (κ2) is 9.40. The van der Waals surface area contributed by atoms with Crippen LogP contribution in [-0.4, -0.2) is 22.8 Å². The minimum Gasteiger partial charge on any atom is -0.497 e. The Morgan fingerprint density at radius 1 is 1.10 bits per heavy atom. The van der Waals surface area contributed by atoms with E-state index in [2.05, 4.69) is 10.4 Å². The number of amides is 1. The first-order valence-electron chi connectivity index (χ1n) is 9.54. The van der Waals surface area contributed by atoms with E-state index in [1.54, 1.807) is 42.3 Å². The predicted octanol–water partition coefficient (Wildman–Crippen LogP) is 5.02. The van der Waals surface area contributed by atoms with Crippen LogP contribution in [0.1, 0.15) is 21.9 Å². The van der Waals surface area contributed by atoms with Gasteiger partial charge in [0.2, 0.25) is 0 Å². The van der Waals surface area contributed by atoms with Gasteiger partial charge in [-0.15, -0.1) is 0 Å². The van der Waals surface area contributed by atoms with Gasteiger partial charge in [-0.2, -0.15) is 5.10 Å². The number of methoxy groups -OCH3 is 1. The third kappa shape index (κ3) is 5.46. The minimum absolute atomic E-state index is 0.175. The van der Waals surface area contributed by atoms with E-state index in [9.17, 15) is 4.79 Å². The van der Waals surface area contributed by atoms with Crippen molar-refractivity contribution in [1.82, 2.24) is 9.78 Å². The maximum absolute atomic E-state index is 12.5. The van der Waals surface area contributed by atoms with Gasteiger partial charge in [-0.25, -0.2) is 0 Å². The van der Waals surface area contributed by atoms with Crippen LogP contribution in [0.15, 0.2) is 77.3 Å². The summed E-state index contributed by atoms with van der Waals surface area (Å²) in [7, 11) is 1.59. The van der Waals surface area contributed by atoms with E-state index in [1.807, 2.05) is 42.5 Å². The summed E-state index contributed by atoms with van der Waals surface area (Å²) in [4.78, 5) is 12.5. The summed E-state index contributed by atoms with van der Waals surface area (Å²) >= 11 is 6.01. The van der Waals surface area contributed by atoms with Crippen molar-refractivity contribution in [2.24, 2.45) is 0 Å². The van der Waals surface area contributed by atoms with E-state index in [0.717, 1.165) is 5.56 Å². The van der Waals surface area contributed by atoms with Crippen LogP contribution >= 0.6 is 11.6 Å². The zero-order chi connectivity index (χ0) is 21.6. The Hall–Kier alpha value is -3.71. The predicted molar refractivity (Wildman–Crippen MR) is 117 cm³/mol. The number of benzene rings is 2. The molecule has 31 heavy (non-hydrogen) atoms. The lowest BCUT2D eigenvalue weighted by molar-refractivity contribution is 0.0992. The number of furan rings is 1. The number of nitrogens with zero attached hydrogens (tertiary/aromatic N) is 2. The van der Waals surface area contributed by atoms with E-state index in [-0.39, 0.29) is 18.3 Å². The second-order valence-corrected chi connectivity index (χ2v) is 7.15. The largest absolute Gasteiger partial charge is 0.497 e. The number of nitrogens with one attached hydrogen (secondary N) is 1. The van der Waals surface area contributed by atoms with Crippen molar-refractivity contribution < 1.29 is 18.7 Å². The van der Waals surface area contributed by atoms with Gasteiger partial charge in [0.25, 0.3) is 5.91 Å². The Balaban J connectivity index is 1.33. The lowest BCUT2D eigenvalue weighted by Crippen LogP contribution is -2.12. The maximum Gasteiger partial charge on any atom is 0.292 e. The quantitative estimate of drug-likeness (QED) is 0.419. The summed E-state index contributed by atoms with van der Waals surface area (Å²) in [5.41, 5.74) is 1.01. The van der Waals surface area contributed by atoms with Crippen molar-refractivity contribution in [1.29, 1.82) is 0 Å². The normalized spacial score (nSPS) is 10.6. The molecule has 7 nitrogen and oxygen atoms in total. The van der Waals surface area contributed by atoms with E-state index in [1.165, 1.54) is 0 Å². The molecule has 2 heterocycles. The Kier molecular flexibility index (Phi) is 6.24. The number of ether oxygens (including phenoxy) is 2. The molecule has 1 N–H and O–H groups in total.